The Morgan fingerprint density at radius 3 is 1.47 bits per heavy atom. The van der Waals surface area contributed by atoms with E-state index in [2.05, 4.69) is 0 Å². The quantitative estimate of drug-likeness (QED) is 0.177. The van der Waals surface area contributed by atoms with Crippen molar-refractivity contribution < 1.29 is 89.9 Å². The first-order valence-electron chi connectivity index (χ1n) is 13.5. The van der Waals surface area contributed by atoms with E-state index in [4.69, 9.17) is 24.1 Å². The van der Waals surface area contributed by atoms with Crippen molar-refractivity contribution >= 4 is 30.2 Å². The Balaban J connectivity index is 0. The van der Waals surface area contributed by atoms with Crippen molar-refractivity contribution in [2.24, 2.45) is 11.8 Å². The summed E-state index contributed by atoms with van der Waals surface area (Å²) in [5, 5.41) is 10.9. The summed E-state index contributed by atoms with van der Waals surface area (Å²) in [5.41, 5.74) is -6.84. The zero-order valence-electron chi connectivity index (χ0n) is 27.5. The Bertz CT molecular complexity index is 1050. The Labute approximate surface area is 271 Å². The number of hydrogen-bond acceptors (Lipinski definition) is 10. The van der Waals surface area contributed by atoms with Crippen LogP contribution in [0.15, 0.2) is 0 Å². The van der Waals surface area contributed by atoms with Crippen LogP contribution in [0.3, 0.4) is 0 Å². The van der Waals surface area contributed by atoms with Gasteiger partial charge in [0.25, 0.3) is 0 Å². The average Bonchev–Trinajstić information content (AvgIpc) is 3.65. The number of nitrogens with zero attached hydrogens (tertiary/aromatic N) is 1. The summed E-state index contributed by atoms with van der Waals surface area (Å²) in [4.78, 5) is 60.2. The van der Waals surface area contributed by atoms with Crippen LogP contribution in [0.5, 0.6) is 0 Å². The molecule has 2 rings (SSSR count). The summed E-state index contributed by atoms with van der Waals surface area (Å²) in [6.07, 6.45) is -9.86. The molecular formula is C27H43F4LiN2O11. The van der Waals surface area contributed by atoms with Crippen LogP contribution >= 0.6 is 0 Å². The third-order valence-corrected chi connectivity index (χ3v) is 5.89. The predicted molar refractivity (Wildman–Crippen MR) is 144 cm³/mol. The number of carboxylic acids is 1. The summed E-state index contributed by atoms with van der Waals surface area (Å²) >= 11 is 0. The summed E-state index contributed by atoms with van der Waals surface area (Å²) in [6.45, 7) is 15.5. The number of hydrogen-bond donors (Lipinski definition) is 2. The number of nitrogens with one attached hydrogen (secondary N) is 1. The van der Waals surface area contributed by atoms with E-state index < -0.39 is 89.2 Å². The molecule has 45 heavy (non-hydrogen) atoms. The Kier molecular flexibility index (Phi) is 15.5. The molecule has 2 aliphatic rings. The number of amides is 3. The number of carbonyl (C=O) groups excluding carboxylic acids is 4. The van der Waals surface area contributed by atoms with Gasteiger partial charge in [-0.25, -0.2) is 41.5 Å². The maximum absolute atomic E-state index is 13.3. The number of carbonyl (C=O) groups is 5. The molecule has 0 radical (unpaired) electrons. The van der Waals surface area contributed by atoms with Crippen molar-refractivity contribution in [3.05, 3.63) is 0 Å². The molecule has 0 heterocycles. The van der Waals surface area contributed by atoms with Crippen molar-refractivity contribution in [3.63, 3.8) is 0 Å². The second-order valence-electron chi connectivity index (χ2n) is 13.1. The molecule has 0 saturated heterocycles. The van der Waals surface area contributed by atoms with Crippen molar-refractivity contribution in [1.29, 1.82) is 0 Å². The second-order valence-corrected chi connectivity index (χ2v) is 13.1. The number of halogens is 4. The SMILES string of the molecule is CC(C)(C)OC(=O)N[C@]1(C(=O)O)C[C@H]1C(F)F.CCOC(=O)[C@@]1(N(C(=O)OC(C)(C)C)C(=O)OC(C)(C)C)C[C@H]1C(F)F.[Li+].[OH-]. The van der Waals surface area contributed by atoms with Crippen molar-refractivity contribution in [1.82, 2.24) is 10.2 Å². The molecule has 0 unspecified atom stereocenters. The van der Waals surface area contributed by atoms with Gasteiger partial charge in [-0.05, 0) is 82.1 Å². The van der Waals surface area contributed by atoms with E-state index in [1.165, 1.54) is 6.92 Å². The predicted octanol–water partition coefficient (Wildman–Crippen LogP) is 2.19. The zero-order chi connectivity index (χ0) is 33.9. The summed E-state index contributed by atoms with van der Waals surface area (Å²) in [5.74, 6) is -5.44. The average molecular weight is 655 g/mol. The number of ether oxygens (including phenoxy) is 4. The minimum Gasteiger partial charge on any atom is -0.870 e. The molecule has 2 fully saturated rings. The maximum atomic E-state index is 13.3. The van der Waals surface area contributed by atoms with Crippen LogP contribution in [-0.2, 0) is 28.5 Å². The third-order valence-electron chi connectivity index (χ3n) is 5.89. The van der Waals surface area contributed by atoms with E-state index in [-0.39, 0.29) is 37.4 Å². The number of rotatable bonds is 7. The van der Waals surface area contributed by atoms with E-state index in [0.717, 1.165) is 0 Å². The van der Waals surface area contributed by atoms with Gasteiger partial charge in [0.15, 0.2) is 5.54 Å². The maximum Gasteiger partial charge on any atom is 1.00 e. The molecule has 3 N–H and O–H groups in total. The normalized spacial score (nSPS) is 23.6. The van der Waals surface area contributed by atoms with Gasteiger partial charge >= 0.3 is 49.1 Å². The fraction of sp³-hybridized carbons (Fsp3) is 0.815. The van der Waals surface area contributed by atoms with Gasteiger partial charge in [0.05, 0.1) is 18.4 Å². The van der Waals surface area contributed by atoms with Gasteiger partial charge in [-0.3, -0.25) is 0 Å². The van der Waals surface area contributed by atoms with E-state index in [1.54, 1.807) is 62.3 Å². The first kappa shape index (κ1) is 44.4. The van der Waals surface area contributed by atoms with Gasteiger partial charge in [-0.1, -0.05) is 0 Å². The van der Waals surface area contributed by atoms with E-state index in [0.29, 0.717) is 4.90 Å². The molecule has 0 bridgehead atoms. The molecule has 13 nitrogen and oxygen atoms in total. The number of alkyl halides is 4. The molecule has 0 aromatic carbocycles. The topological polar surface area (TPSA) is 188 Å². The molecule has 256 valence electrons. The standard InChI is InChI=1S/C17H27F2NO6.C10H15F2NO4.Li.H2O/c1-8-24-12(21)17(9-10(17)11(18)19)20(13(22)25-15(2,3)4)14(23)26-16(5,6)7;1-9(2,3)17-8(16)13-10(7(14)15)4-5(10)6(11)12;;/h10-11H,8-9H2,1-7H3;5-6H,4H2,1-3H3,(H,13,16)(H,14,15);;1H2/q;;+1;/p-1/t10-,17+;5-,10+;;/m00../s1. The van der Waals surface area contributed by atoms with Crippen LogP contribution in [0.1, 0.15) is 82.1 Å². The molecule has 0 spiro atoms. The van der Waals surface area contributed by atoms with Crippen LogP contribution in [0.25, 0.3) is 0 Å². The summed E-state index contributed by atoms with van der Waals surface area (Å²) in [6, 6.07) is 0. The van der Waals surface area contributed by atoms with Gasteiger partial charge in [0.2, 0.25) is 12.9 Å². The number of imide groups is 1. The molecule has 18 heteroatoms. The first-order chi connectivity index (χ1) is 19.2. The fourth-order valence-electron chi connectivity index (χ4n) is 3.95. The van der Waals surface area contributed by atoms with Crippen LogP contribution in [-0.4, -0.2) is 93.0 Å². The van der Waals surface area contributed by atoms with Crippen molar-refractivity contribution in [3.8, 4) is 0 Å². The molecule has 2 aliphatic carbocycles. The molecule has 0 aliphatic heterocycles. The van der Waals surface area contributed by atoms with Gasteiger partial charge < -0.3 is 34.8 Å². The molecule has 0 aromatic heterocycles. The first-order valence-corrected chi connectivity index (χ1v) is 13.5. The van der Waals surface area contributed by atoms with Crippen LogP contribution in [0.2, 0.25) is 0 Å². The third kappa shape index (κ3) is 12.2. The number of esters is 1. The summed E-state index contributed by atoms with van der Waals surface area (Å²) in [7, 11) is 0. The number of carboxylic acid groups (broad SMARTS) is 1. The monoisotopic (exact) mass is 654 g/mol. The fourth-order valence-corrected chi connectivity index (χ4v) is 3.95. The molecule has 0 aromatic rings. The number of alkyl carbamates (subject to hydrolysis) is 1. The van der Waals surface area contributed by atoms with Crippen LogP contribution in [0.4, 0.5) is 31.9 Å². The van der Waals surface area contributed by atoms with Gasteiger partial charge in [0.1, 0.15) is 22.3 Å². The molecule has 3 amide bonds. The zero-order valence-corrected chi connectivity index (χ0v) is 27.5. The van der Waals surface area contributed by atoms with Gasteiger partial charge in [0, 0.05) is 0 Å². The molecule has 2 saturated carbocycles. The van der Waals surface area contributed by atoms with Crippen LogP contribution in [0, 0.1) is 11.8 Å². The number of aliphatic carboxylic acids is 1. The molecular weight excluding hydrogens is 611 g/mol. The molecule has 4 atom stereocenters. The Hall–Kier alpha value is -2.77. The van der Waals surface area contributed by atoms with E-state index in [9.17, 15) is 41.5 Å². The van der Waals surface area contributed by atoms with Crippen molar-refractivity contribution in [2.75, 3.05) is 6.61 Å². The minimum atomic E-state index is -2.92. The second kappa shape index (κ2) is 15.7. The summed E-state index contributed by atoms with van der Waals surface area (Å²) < 4.78 is 71.5. The van der Waals surface area contributed by atoms with E-state index >= 15 is 0 Å². The smallest absolute Gasteiger partial charge is 0.870 e. The minimum absolute atomic E-state index is 0. The van der Waals surface area contributed by atoms with Gasteiger partial charge in [-0.2, -0.15) is 4.90 Å². The van der Waals surface area contributed by atoms with Crippen molar-refractivity contribution in [2.45, 2.75) is 123 Å². The van der Waals surface area contributed by atoms with Crippen LogP contribution < -0.4 is 24.2 Å². The largest absolute Gasteiger partial charge is 1.00 e. The Morgan fingerprint density at radius 1 is 0.800 bits per heavy atom. The van der Waals surface area contributed by atoms with Gasteiger partial charge in [-0.15, -0.1) is 0 Å². The Morgan fingerprint density at radius 2 is 1.20 bits per heavy atom. The van der Waals surface area contributed by atoms with E-state index in [1.807, 2.05) is 5.32 Å².